The van der Waals surface area contributed by atoms with Crippen LogP contribution in [0, 0.1) is 11.3 Å². The number of carbonyl (C=O) groups excluding carboxylic acids is 1. The lowest BCUT2D eigenvalue weighted by Gasteiger charge is -2.34. The summed E-state index contributed by atoms with van der Waals surface area (Å²) in [6, 6.07) is 10.7. The molecule has 1 saturated heterocycles. The van der Waals surface area contributed by atoms with Crippen LogP contribution < -0.4 is 14.4 Å². The van der Waals surface area contributed by atoms with Gasteiger partial charge in [-0.05, 0) is 24.3 Å². The molecule has 1 aromatic carbocycles. The van der Waals surface area contributed by atoms with Crippen LogP contribution >= 0.6 is 11.3 Å². The largest absolute Gasteiger partial charge is 0.493 e. The first-order chi connectivity index (χ1) is 14.2. The Kier molecular flexibility index (Phi) is 5.44. The Bertz CT molecular complexity index is 1040. The van der Waals surface area contributed by atoms with Gasteiger partial charge in [0.25, 0.3) is 5.91 Å². The average Bonchev–Trinajstić information content (AvgIpc) is 3.21. The second kappa shape index (κ2) is 8.32. The molecule has 0 atom stereocenters. The van der Waals surface area contributed by atoms with Crippen LogP contribution in [-0.4, -0.2) is 60.7 Å². The van der Waals surface area contributed by atoms with Crippen molar-refractivity contribution in [3.05, 3.63) is 42.1 Å². The lowest BCUT2D eigenvalue weighted by Crippen LogP contribution is -2.50. The monoisotopic (exact) mass is 409 g/mol. The summed E-state index contributed by atoms with van der Waals surface area (Å²) in [5, 5.41) is 9.90. The minimum atomic E-state index is -0.0815. The van der Waals surface area contributed by atoms with Crippen molar-refractivity contribution in [1.82, 2.24) is 14.9 Å². The zero-order chi connectivity index (χ0) is 20.2. The number of methoxy groups -OCH3 is 1. The third-order valence-electron chi connectivity index (χ3n) is 4.70. The zero-order valence-corrected chi connectivity index (χ0v) is 16.7. The number of carbonyl (C=O) groups is 1. The normalized spacial score (nSPS) is 13.9. The lowest BCUT2D eigenvalue weighted by atomic mass is 10.2. The van der Waals surface area contributed by atoms with Crippen LogP contribution in [-0.2, 0) is 4.79 Å². The maximum absolute atomic E-state index is 12.5. The van der Waals surface area contributed by atoms with E-state index in [1.165, 1.54) is 7.11 Å². The van der Waals surface area contributed by atoms with Crippen LogP contribution in [0.5, 0.6) is 11.5 Å². The molecule has 29 heavy (non-hydrogen) atoms. The number of fused-ring (bicyclic) bond motifs is 1. The molecule has 3 heterocycles. The number of aromatic nitrogens is 2. The number of pyridine rings is 1. The number of ether oxygens (including phenoxy) is 2. The highest BCUT2D eigenvalue weighted by atomic mass is 32.1. The van der Waals surface area contributed by atoms with Gasteiger partial charge in [0.2, 0.25) is 0 Å². The van der Waals surface area contributed by atoms with E-state index in [0.29, 0.717) is 43.2 Å². The molecule has 1 amide bonds. The molecule has 4 rings (SSSR count). The first-order valence-corrected chi connectivity index (χ1v) is 9.95. The number of amides is 1. The van der Waals surface area contributed by atoms with E-state index in [1.807, 2.05) is 18.2 Å². The van der Waals surface area contributed by atoms with Crippen molar-refractivity contribution in [3.63, 3.8) is 0 Å². The molecule has 0 unspecified atom stereocenters. The molecule has 0 aliphatic carbocycles. The van der Waals surface area contributed by atoms with E-state index in [2.05, 4.69) is 14.9 Å². The van der Waals surface area contributed by atoms with Gasteiger partial charge in [0.05, 0.1) is 18.7 Å². The van der Waals surface area contributed by atoms with Gasteiger partial charge in [-0.1, -0.05) is 11.3 Å². The smallest absolute Gasteiger partial charge is 0.260 e. The summed E-state index contributed by atoms with van der Waals surface area (Å²) in [7, 11) is 1.50. The van der Waals surface area contributed by atoms with Gasteiger partial charge in [0, 0.05) is 38.4 Å². The predicted octanol–water partition coefficient (Wildman–Crippen LogP) is 2.30. The molecule has 0 saturated carbocycles. The molecule has 8 nitrogen and oxygen atoms in total. The van der Waals surface area contributed by atoms with Crippen molar-refractivity contribution in [2.75, 3.05) is 44.8 Å². The Labute approximate surface area is 171 Å². The van der Waals surface area contributed by atoms with Gasteiger partial charge in [-0.3, -0.25) is 4.79 Å². The molecule has 2 aromatic heterocycles. The van der Waals surface area contributed by atoms with Crippen molar-refractivity contribution in [1.29, 1.82) is 5.26 Å². The van der Waals surface area contributed by atoms with Gasteiger partial charge in [-0.15, -0.1) is 0 Å². The molecular formula is C20H19N5O3S. The second-order valence-electron chi connectivity index (χ2n) is 6.46. The number of nitriles is 1. The molecule has 148 valence electrons. The number of nitrogens with zero attached hydrogens (tertiary/aromatic N) is 5. The summed E-state index contributed by atoms with van der Waals surface area (Å²) < 4.78 is 10.9. The molecule has 0 spiro atoms. The number of rotatable bonds is 5. The fourth-order valence-electron chi connectivity index (χ4n) is 3.13. The van der Waals surface area contributed by atoms with E-state index in [0.717, 1.165) is 15.5 Å². The molecule has 3 aromatic rings. The van der Waals surface area contributed by atoms with Crippen molar-refractivity contribution in [3.8, 4) is 17.6 Å². The van der Waals surface area contributed by atoms with Crippen LogP contribution in [0.15, 0.2) is 36.5 Å². The quantitative estimate of drug-likeness (QED) is 0.638. The Balaban J connectivity index is 1.33. The first-order valence-electron chi connectivity index (χ1n) is 9.13. The van der Waals surface area contributed by atoms with E-state index in [9.17, 15) is 4.79 Å². The fraction of sp³-hybridized carbons (Fsp3) is 0.300. The van der Waals surface area contributed by atoms with E-state index >= 15 is 0 Å². The Morgan fingerprint density at radius 1 is 1.24 bits per heavy atom. The third kappa shape index (κ3) is 4.07. The summed E-state index contributed by atoms with van der Waals surface area (Å²) in [6.07, 6.45) is 1.77. The van der Waals surface area contributed by atoms with Gasteiger partial charge in [-0.25, -0.2) is 9.97 Å². The minimum Gasteiger partial charge on any atom is -0.493 e. The highest BCUT2D eigenvalue weighted by molar-refractivity contribution is 7.21. The average molecular weight is 409 g/mol. The topological polar surface area (TPSA) is 91.6 Å². The predicted molar refractivity (Wildman–Crippen MR) is 109 cm³/mol. The molecule has 1 aliphatic rings. The zero-order valence-electron chi connectivity index (χ0n) is 15.9. The van der Waals surface area contributed by atoms with Crippen LogP contribution in [0.3, 0.4) is 0 Å². The maximum Gasteiger partial charge on any atom is 0.260 e. The Morgan fingerprint density at radius 3 is 2.79 bits per heavy atom. The van der Waals surface area contributed by atoms with E-state index < -0.39 is 0 Å². The molecule has 1 aliphatic heterocycles. The Hall–Kier alpha value is -3.38. The van der Waals surface area contributed by atoms with E-state index in [1.54, 1.807) is 40.6 Å². The highest BCUT2D eigenvalue weighted by Crippen LogP contribution is 2.29. The number of benzene rings is 1. The van der Waals surface area contributed by atoms with Crippen LogP contribution in [0.2, 0.25) is 0 Å². The second-order valence-corrected chi connectivity index (χ2v) is 7.41. The van der Waals surface area contributed by atoms with Crippen molar-refractivity contribution >= 4 is 32.7 Å². The third-order valence-corrected chi connectivity index (χ3v) is 5.74. The minimum absolute atomic E-state index is 0.0761. The summed E-state index contributed by atoms with van der Waals surface area (Å²) in [6.45, 7) is 2.57. The molecule has 0 bridgehead atoms. The number of hydrogen-bond donors (Lipinski definition) is 0. The first kappa shape index (κ1) is 19.0. The van der Waals surface area contributed by atoms with Crippen molar-refractivity contribution in [2.45, 2.75) is 0 Å². The van der Waals surface area contributed by atoms with Gasteiger partial charge in [0.15, 0.2) is 23.2 Å². The molecule has 9 heteroatoms. The van der Waals surface area contributed by atoms with Gasteiger partial charge >= 0.3 is 0 Å². The van der Waals surface area contributed by atoms with Crippen LogP contribution in [0.4, 0.5) is 5.13 Å². The summed E-state index contributed by atoms with van der Waals surface area (Å²) >= 11 is 1.57. The molecule has 0 N–H and O–H groups in total. The number of piperazine rings is 1. The number of thiazole rings is 1. The SMILES string of the molecule is COc1cc(C#N)ccc1OCC(=O)N1CCN(c2nc3cccnc3s2)CC1. The molecule has 0 radical (unpaired) electrons. The van der Waals surface area contributed by atoms with Crippen LogP contribution in [0.1, 0.15) is 5.56 Å². The van der Waals surface area contributed by atoms with Crippen molar-refractivity contribution in [2.24, 2.45) is 0 Å². The number of anilines is 1. The molecule has 1 fully saturated rings. The lowest BCUT2D eigenvalue weighted by molar-refractivity contribution is -0.133. The van der Waals surface area contributed by atoms with E-state index in [-0.39, 0.29) is 12.5 Å². The van der Waals surface area contributed by atoms with Gasteiger partial charge in [0.1, 0.15) is 10.3 Å². The summed E-state index contributed by atoms with van der Waals surface area (Å²) in [4.78, 5) is 26.4. The Morgan fingerprint density at radius 2 is 2.07 bits per heavy atom. The number of hydrogen-bond acceptors (Lipinski definition) is 8. The van der Waals surface area contributed by atoms with Crippen molar-refractivity contribution < 1.29 is 14.3 Å². The fourth-order valence-corrected chi connectivity index (χ4v) is 4.09. The van der Waals surface area contributed by atoms with Gasteiger partial charge in [-0.2, -0.15) is 5.26 Å². The van der Waals surface area contributed by atoms with E-state index in [4.69, 9.17) is 14.7 Å². The highest BCUT2D eigenvalue weighted by Gasteiger charge is 2.23. The maximum atomic E-state index is 12.5. The molecular weight excluding hydrogens is 390 g/mol. The summed E-state index contributed by atoms with van der Waals surface area (Å²) in [5.41, 5.74) is 1.37. The summed E-state index contributed by atoms with van der Waals surface area (Å²) in [5.74, 6) is 0.800. The van der Waals surface area contributed by atoms with Crippen LogP contribution in [0.25, 0.3) is 10.3 Å². The van der Waals surface area contributed by atoms with Gasteiger partial charge < -0.3 is 19.3 Å². The standard InChI is InChI=1S/C20H19N5O3S/c1-27-17-11-14(12-21)4-5-16(17)28-13-18(26)24-7-9-25(10-8-24)20-23-15-3-2-6-22-19(15)29-20/h2-6,11H,7-10,13H2,1H3.